The summed E-state index contributed by atoms with van der Waals surface area (Å²) in [5.41, 5.74) is 13.0. The Morgan fingerprint density at radius 2 is 0.852 bits per heavy atom. The average molecular weight is 706 g/mol. The average Bonchev–Trinajstić information content (AvgIpc) is 3.64. The summed E-state index contributed by atoms with van der Waals surface area (Å²) in [6.07, 6.45) is 0. The SMILES string of the molecule is c1ccc(-c2ccc(-c3ccc(N(c4cc(-c5ccc6ccccc6c5)ccc4-c4ccccc4)c4cccc5sc6ccccc6c45)cc3)cc2)cc1. The van der Waals surface area contributed by atoms with E-state index in [-0.39, 0.29) is 0 Å². The van der Waals surface area contributed by atoms with E-state index in [4.69, 9.17) is 0 Å². The number of rotatable bonds is 7. The highest BCUT2D eigenvalue weighted by molar-refractivity contribution is 7.26. The number of fused-ring (bicyclic) bond motifs is 4. The maximum Gasteiger partial charge on any atom is 0.0555 e. The fraction of sp³-hybridized carbons (Fsp3) is 0. The summed E-state index contributed by atoms with van der Waals surface area (Å²) in [6, 6.07) is 77.3. The van der Waals surface area contributed by atoms with Gasteiger partial charge in [0.05, 0.1) is 11.4 Å². The van der Waals surface area contributed by atoms with Gasteiger partial charge >= 0.3 is 0 Å². The van der Waals surface area contributed by atoms with Crippen LogP contribution in [0.15, 0.2) is 212 Å². The highest BCUT2D eigenvalue weighted by Gasteiger charge is 2.22. The molecule has 0 saturated carbocycles. The maximum atomic E-state index is 2.48. The van der Waals surface area contributed by atoms with Gasteiger partial charge in [-0.3, -0.25) is 0 Å². The Morgan fingerprint density at radius 3 is 1.59 bits per heavy atom. The van der Waals surface area contributed by atoms with Crippen LogP contribution in [0.5, 0.6) is 0 Å². The van der Waals surface area contributed by atoms with Crippen molar-refractivity contribution >= 4 is 59.3 Å². The van der Waals surface area contributed by atoms with Crippen LogP contribution in [-0.4, -0.2) is 0 Å². The summed E-state index contributed by atoms with van der Waals surface area (Å²) in [6.45, 7) is 0. The van der Waals surface area contributed by atoms with E-state index < -0.39 is 0 Å². The van der Waals surface area contributed by atoms with Gasteiger partial charge in [0.2, 0.25) is 0 Å². The Kier molecular flexibility index (Phi) is 8.09. The minimum atomic E-state index is 1.11. The van der Waals surface area contributed by atoms with Crippen LogP contribution < -0.4 is 4.90 Å². The zero-order valence-electron chi connectivity index (χ0n) is 29.6. The Labute approximate surface area is 319 Å². The summed E-state index contributed by atoms with van der Waals surface area (Å²) in [7, 11) is 0. The van der Waals surface area contributed by atoms with E-state index in [0.29, 0.717) is 0 Å². The molecule has 1 nitrogen and oxygen atoms in total. The number of hydrogen-bond acceptors (Lipinski definition) is 2. The third-order valence-corrected chi connectivity index (χ3v) is 11.6. The number of thiophene rings is 1. The van der Waals surface area contributed by atoms with E-state index in [1.165, 1.54) is 75.5 Å². The molecule has 254 valence electrons. The molecule has 0 radical (unpaired) electrons. The molecule has 0 aliphatic carbocycles. The van der Waals surface area contributed by atoms with E-state index in [2.05, 4.69) is 217 Å². The van der Waals surface area contributed by atoms with E-state index in [0.717, 1.165) is 17.1 Å². The summed E-state index contributed by atoms with van der Waals surface area (Å²) >= 11 is 1.86. The first-order valence-corrected chi connectivity index (χ1v) is 19.2. The van der Waals surface area contributed by atoms with Gasteiger partial charge in [0.25, 0.3) is 0 Å². The van der Waals surface area contributed by atoms with Crippen molar-refractivity contribution in [2.45, 2.75) is 0 Å². The second kappa shape index (κ2) is 13.7. The van der Waals surface area contributed by atoms with Crippen LogP contribution in [0.3, 0.4) is 0 Å². The number of nitrogens with zero attached hydrogens (tertiary/aromatic N) is 1. The summed E-state index contributed by atoms with van der Waals surface area (Å²) in [5, 5.41) is 5.03. The molecule has 0 aliphatic rings. The molecule has 0 aliphatic heterocycles. The van der Waals surface area contributed by atoms with Gasteiger partial charge in [0.1, 0.15) is 0 Å². The first-order chi connectivity index (χ1) is 26.8. The van der Waals surface area contributed by atoms with E-state index in [9.17, 15) is 0 Å². The molecule has 2 heteroatoms. The second-order valence-corrected chi connectivity index (χ2v) is 14.8. The molecule has 1 aromatic heterocycles. The molecule has 0 bridgehead atoms. The highest BCUT2D eigenvalue weighted by Crippen LogP contribution is 2.48. The molecule has 0 spiro atoms. The Balaban J connectivity index is 1.17. The van der Waals surface area contributed by atoms with Crippen LogP contribution in [0.2, 0.25) is 0 Å². The first-order valence-electron chi connectivity index (χ1n) is 18.4. The molecule has 0 unspecified atom stereocenters. The van der Waals surface area contributed by atoms with Gasteiger partial charge < -0.3 is 4.90 Å². The molecule has 0 fully saturated rings. The van der Waals surface area contributed by atoms with Crippen LogP contribution in [-0.2, 0) is 0 Å². The molecular weight excluding hydrogens is 671 g/mol. The summed E-state index contributed by atoms with van der Waals surface area (Å²) in [4.78, 5) is 2.48. The summed E-state index contributed by atoms with van der Waals surface area (Å²) in [5.74, 6) is 0. The zero-order chi connectivity index (χ0) is 35.8. The third-order valence-electron chi connectivity index (χ3n) is 10.5. The van der Waals surface area contributed by atoms with Crippen LogP contribution in [0, 0.1) is 0 Å². The highest BCUT2D eigenvalue weighted by atomic mass is 32.1. The van der Waals surface area contributed by atoms with Gasteiger partial charge in [-0.15, -0.1) is 11.3 Å². The monoisotopic (exact) mass is 705 g/mol. The van der Waals surface area contributed by atoms with Crippen molar-refractivity contribution in [3.63, 3.8) is 0 Å². The van der Waals surface area contributed by atoms with Gasteiger partial charge in [0, 0.05) is 31.4 Å². The normalized spacial score (nSPS) is 11.3. The number of hydrogen-bond donors (Lipinski definition) is 0. The molecular formula is C52H35NS. The Morgan fingerprint density at radius 1 is 0.315 bits per heavy atom. The third kappa shape index (κ3) is 5.84. The van der Waals surface area contributed by atoms with Crippen LogP contribution >= 0.6 is 11.3 Å². The van der Waals surface area contributed by atoms with E-state index in [1.54, 1.807) is 0 Å². The van der Waals surface area contributed by atoms with Crippen LogP contribution in [0.25, 0.3) is 75.5 Å². The number of anilines is 3. The molecule has 0 atom stereocenters. The van der Waals surface area contributed by atoms with Crippen molar-refractivity contribution in [1.82, 2.24) is 0 Å². The standard InChI is InChI=1S/C52H35NS/c1-3-12-36(13-4-1)38-22-24-39(25-23-38)40-28-31-45(32-29-40)53(48-19-11-21-51-52(48)47-18-9-10-20-50(47)54-51)49-35-44(30-33-46(49)41-15-5-2-6-16-41)43-27-26-37-14-7-8-17-42(37)34-43/h1-35H. The van der Waals surface area contributed by atoms with Gasteiger partial charge in [-0.1, -0.05) is 170 Å². The van der Waals surface area contributed by atoms with Crippen molar-refractivity contribution in [3.05, 3.63) is 212 Å². The lowest BCUT2D eigenvalue weighted by atomic mass is 9.95. The Bertz CT molecular complexity index is 2910. The van der Waals surface area contributed by atoms with E-state index in [1.807, 2.05) is 11.3 Å². The largest absolute Gasteiger partial charge is 0.309 e. The van der Waals surface area contributed by atoms with Crippen molar-refractivity contribution < 1.29 is 0 Å². The molecule has 0 saturated heterocycles. The Hall–Kier alpha value is -6.74. The fourth-order valence-corrected chi connectivity index (χ4v) is 8.89. The molecule has 9 aromatic carbocycles. The van der Waals surface area contributed by atoms with Gasteiger partial charge in [-0.2, -0.15) is 0 Å². The topological polar surface area (TPSA) is 3.24 Å². The molecule has 10 aromatic rings. The van der Waals surface area contributed by atoms with Crippen molar-refractivity contribution in [3.8, 4) is 44.5 Å². The minimum absolute atomic E-state index is 1.11. The van der Waals surface area contributed by atoms with E-state index >= 15 is 0 Å². The summed E-state index contributed by atoms with van der Waals surface area (Å²) < 4.78 is 2.57. The van der Waals surface area contributed by atoms with Gasteiger partial charge in [0.15, 0.2) is 0 Å². The predicted octanol–water partition coefficient (Wildman–Crippen LogP) is 15.3. The lowest BCUT2D eigenvalue weighted by Crippen LogP contribution is -2.12. The molecule has 0 N–H and O–H groups in total. The fourth-order valence-electron chi connectivity index (χ4n) is 7.77. The van der Waals surface area contributed by atoms with Crippen molar-refractivity contribution in [1.29, 1.82) is 0 Å². The molecule has 54 heavy (non-hydrogen) atoms. The predicted molar refractivity (Wildman–Crippen MR) is 233 cm³/mol. The molecule has 10 rings (SSSR count). The lowest BCUT2D eigenvalue weighted by Gasteiger charge is -2.29. The molecule has 0 amide bonds. The molecule has 1 heterocycles. The first kappa shape index (κ1) is 32.0. The number of benzene rings is 9. The zero-order valence-corrected chi connectivity index (χ0v) is 30.4. The van der Waals surface area contributed by atoms with Gasteiger partial charge in [-0.25, -0.2) is 0 Å². The smallest absolute Gasteiger partial charge is 0.0555 e. The minimum Gasteiger partial charge on any atom is -0.309 e. The van der Waals surface area contributed by atoms with Crippen molar-refractivity contribution in [2.75, 3.05) is 4.90 Å². The second-order valence-electron chi connectivity index (χ2n) is 13.7. The maximum absolute atomic E-state index is 2.48. The lowest BCUT2D eigenvalue weighted by molar-refractivity contribution is 1.30. The van der Waals surface area contributed by atoms with Crippen molar-refractivity contribution in [2.24, 2.45) is 0 Å². The van der Waals surface area contributed by atoms with Crippen LogP contribution in [0.4, 0.5) is 17.1 Å². The van der Waals surface area contributed by atoms with Gasteiger partial charge in [-0.05, 0) is 92.2 Å². The quantitative estimate of drug-likeness (QED) is 0.160. The van der Waals surface area contributed by atoms with Crippen LogP contribution in [0.1, 0.15) is 0 Å².